The van der Waals surface area contributed by atoms with Gasteiger partial charge in [0.05, 0.1) is 5.69 Å². The van der Waals surface area contributed by atoms with E-state index in [4.69, 9.17) is 4.74 Å². The largest absolute Gasteiger partial charge is 0.427 e. The van der Waals surface area contributed by atoms with Crippen LogP contribution >= 0.6 is 0 Å². The van der Waals surface area contributed by atoms with Gasteiger partial charge in [0, 0.05) is 37.3 Å². The van der Waals surface area contributed by atoms with Crippen molar-refractivity contribution in [3.63, 3.8) is 0 Å². The molecule has 8 nitrogen and oxygen atoms in total. The second kappa shape index (κ2) is 9.51. The Morgan fingerprint density at radius 1 is 1.15 bits per heavy atom. The molecule has 2 atom stereocenters. The Balaban J connectivity index is 1.39. The van der Waals surface area contributed by atoms with E-state index >= 15 is 0 Å². The molecule has 0 saturated carbocycles. The van der Waals surface area contributed by atoms with Crippen molar-refractivity contribution in [2.75, 3.05) is 6.54 Å². The first kappa shape index (κ1) is 26.4. The van der Waals surface area contributed by atoms with E-state index in [0.717, 1.165) is 35.9 Å². The van der Waals surface area contributed by atoms with Crippen molar-refractivity contribution in [1.82, 2.24) is 19.6 Å². The van der Waals surface area contributed by atoms with Crippen molar-refractivity contribution in [2.24, 2.45) is 7.05 Å². The number of halogens is 4. The summed E-state index contributed by atoms with van der Waals surface area (Å²) in [4.78, 5) is 40.5. The molecule has 1 aliphatic heterocycles. The van der Waals surface area contributed by atoms with Crippen LogP contribution in [0.3, 0.4) is 0 Å². The van der Waals surface area contributed by atoms with Gasteiger partial charge in [-0.25, -0.2) is 14.1 Å². The molecule has 3 amide bonds. The van der Waals surface area contributed by atoms with Crippen LogP contribution in [0.5, 0.6) is 0 Å². The van der Waals surface area contributed by atoms with Crippen LogP contribution in [0.25, 0.3) is 11.3 Å². The summed E-state index contributed by atoms with van der Waals surface area (Å²) in [6.45, 7) is -0.622. The van der Waals surface area contributed by atoms with Crippen LogP contribution < -0.4 is 0 Å². The maximum Gasteiger partial charge on any atom is 0.418 e. The lowest BCUT2D eigenvalue weighted by Gasteiger charge is -2.31. The zero-order valence-corrected chi connectivity index (χ0v) is 21.0. The quantitative estimate of drug-likeness (QED) is 0.432. The van der Waals surface area contributed by atoms with Crippen LogP contribution in [0.1, 0.15) is 30.0 Å². The maximum atomic E-state index is 13.6. The number of alkyl halides is 3. The van der Waals surface area contributed by atoms with Gasteiger partial charge in [0.25, 0.3) is 5.91 Å². The smallest absolute Gasteiger partial charge is 0.418 e. The van der Waals surface area contributed by atoms with E-state index in [0.29, 0.717) is 21.8 Å². The van der Waals surface area contributed by atoms with Crippen LogP contribution in [-0.2, 0) is 39.9 Å². The van der Waals surface area contributed by atoms with Crippen LogP contribution in [-0.4, -0.2) is 56.3 Å². The van der Waals surface area contributed by atoms with Crippen molar-refractivity contribution in [3.05, 3.63) is 77.2 Å². The van der Waals surface area contributed by atoms with Gasteiger partial charge in [0.1, 0.15) is 18.4 Å². The molecular weight excluding hydrogens is 520 g/mol. The molecule has 5 rings (SSSR count). The number of hydrogen-bond acceptors (Lipinski definition) is 5. The Morgan fingerprint density at radius 2 is 1.87 bits per heavy atom. The Kier molecular flexibility index (Phi) is 6.44. The third-order valence-corrected chi connectivity index (χ3v) is 7.19. The highest BCUT2D eigenvalue weighted by atomic mass is 19.4. The molecule has 2 aromatic carbocycles. The summed E-state index contributed by atoms with van der Waals surface area (Å²) in [5.41, 5.74) is 1.39. The molecule has 0 radical (unpaired) electrons. The summed E-state index contributed by atoms with van der Waals surface area (Å²) in [6, 6.07) is 9.55. The van der Waals surface area contributed by atoms with E-state index in [1.807, 2.05) is 12.1 Å². The minimum absolute atomic E-state index is 0.140. The highest BCUT2D eigenvalue weighted by Crippen LogP contribution is 2.46. The third-order valence-electron chi connectivity index (χ3n) is 7.19. The minimum atomic E-state index is -4.78. The Labute approximate surface area is 220 Å². The van der Waals surface area contributed by atoms with Gasteiger partial charge in [-0.3, -0.25) is 14.3 Å². The molecule has 0 N–H and O–H groups in total. The van der Waals surface area contributed by atoms with Crippen LogP contribution in [0.4, 0.5) is 22.4 Å². The number of rotatable bonds is 6. The van der Waals surface area contributed by atoms with Gasteiger partial charge in [0.15, 0.2) is 0 Å². The molecule has 39 heavy (non-hydrogen) atoms. The Morgan fingerprint density at radius 3 is 2.51 bits per heavy atom. The lowest BCUT2D eigenvalue weighted by molar-refractivity contribution is -0.187. The van der Waals surface area contributed by atoms with Crippen molar-refractivity contribution in [1.29, 1.82) is 0 Å². The molecule has 2 aliphatic rings. The molecular formula is C27H24F4N4O4. The SMILES string of the molecule is C[C@H](N(Cc1ccc(F)cc1)C(=O)CN1C(=O)O[C@@]2(CCc3cc(-c4ccn(C)n4)ccc32)C1=O)C(F)(F)F. The number of aryl methyl sites for hydroxylation is 2. The number of imide groups is 1. The number of hydrogen-bond donors (Lipinski definition) is 0. The van der Waals surface area contributed by atoms with E-state index in [-0.39, 0.29) is 12.0 Å². The maximum absolute atomic E-state index is 13.6. The highest BCUT2D eigenvalue weighted by Gasteiger charge is 2.58. The van der Waals surface area contributed by atoms with E-state index in [9.17, 15) is 31.9 Å². The van der Waals surface area contributed by atoms with Gasteiger partial charge in [0.2, 0.25) is 11.5 Å². The van der Waals surface area contributed by atoms with Gasteiger partial charge >= 0.3 is 12.3 Å². The molecule has 1 saturated heterocycles. The van der Waals surface area contributed by atoms with Gasteiger partial charge in [-0.2, -0.15) is 18.3 Å². The van der Waals surface area contributed by atoms with Crippen LogP contribution in [0.15, 0.2) is 54.7 Å². The average molecular weight is 545 g/mol. The van der Waals surface area contributed by atoms with E-state index in [1.54, 1.807) is 30.1 Å². The number of aromatic nitrogens is 2. The molecule has 1 fully saturated rings. The molecule has 0 bridgehead atoms. The number of fused-ring (bicyclic) bond motifs is 2. The van der Waals surface area contributed by atoms with E-state index in [2.05, 4.69) is 5.10 Å². The van der Waals surface area contributed by atoms with Gasteiger partial charge in [-0.1, -0.05) is 24.3 Å². The zero-order chi connectivity index (χ0) is 28.1. The molecule has 1 aliphatic carbocycles. The summed E-state index contributed by atoms with van der Waals surface area (Å²) in [7, 11) is 1.79. The second-order valence-corrected chi connectivity index (χ2v) is 9.70. The molecule has 12 heteroatoms. The van der Waals surface area contributed by atoms with Crippen molar-refractivity contribution in [2.45, 2.75) is 44.1 Å². The summed E-state index contributed by atoms with van der Waals surface area (Å²) in [5, 5.41) is 4.36. The first-order chi connectivity index (χ1) is 18.4. The van der Waals surface area contributed by atoms with Gasteiger partial charge in [-0.15, -0.1) is 0 Å². The van der Waals surface area contributed by atoms with Gasteiger partial charge < -0.3 is 9.64 Å². The number of nitrogens with zero attached hydrogens (tertiary/aromatic N) is 4. The summed E-state index contributed by atoms with van der Waals surface area (Å²) >= 11 is 0. The number of benzene rings is 2. The molecule has 1 spiro atoms. The van der Waals surface area contributed by atoms with Crippen molar-refractivity contribution in [3.8, 4) is 11.3 Å². The van der Waals surface area contributed by atoms with Crippen molar-refractivity contribution >= 4 is 17.9 Å². The fourth-order valence-corrected chi connectivity index (χ4v) is 5.01. The van der Waals surface area contributed by atoms with Crippen molar-refractivity contribution < 1.29 is 36.7 Å². The topological polar surface area (TPSA) is 84.7 Å². The Bertz CT molecular complexity index is 1450. The first-order valence-electron chi connectivity index (χ1n) is 12.2. The fourth-order valence-electron chi connectivity index (χ4n) is 5.01. The second-order valence-electron chi connectivity index (χ2n) is 9.70. The average Bonchev–Trinajstić information content (AvgIpc) is 3.55. The fraction of sp³-hybridized carbons (Fsp3) is 0.333. The Hall–Kier alpha value is -4.22. The molecule has 204 valence electrons. The summed E-state index contributed by atoms with van der Waals surface area (Å²) in [6.07, 6.45) is -3.53. The first-order valence-corrected chi connectivity index (χ1v) is 12.2. The number of carbonyl (C=O) groups excluding carboxylic acids is 3. The standard InChI is InChI=1S/C27H24F4N4O4/c1-16(27(29,30)31)34(14-17-3-6-20(28)7-4-17)23(36)15-35-24(37)26(39-25(35)38)11-9-18-13-19(5-8-21(18)26)22-10-12-33(2)32-22/h3-8,10,12-13,16H,9,11,14-15H2,1-2H3/t16-,26+/m0/s1. The molecule has 2 heterocycles. The minimum Gasteiger partial charge on any atom is -0.427 e. The van der Waals surface area contributed by atoms with E-state index < -0.39 is 54.6 Å². The monoisotopic (exact) mass is 544 g/mol. The highest BCUT2D eigenvalue weighted by molar-refractivity contribution is 6.06. The predicted octanol–water partition coefficient (Wildman–Crippen LogP) is 4.33. The normalized spacial score (nSPS) is 19.4. The number of ether oxygens (including phenoxy) is 1. The van der Waals surface area contributed by atoms with Gasteiger partial charge in [-0.05, 0) is 48.7 Å². The molecule has 1 aromatic heterocycles. The zero-order valence-electron chi connectivity index (χ0n) is 21.0. The molecule has 3 aromatic rings. The lowest BCUT2D eigenvalue weighted by Crippen LogP contribution is -2.51. The van der Waals surface area contributed by atoms with Crippen LogP contribution in [0.2, 0.25) is 0 Å². The lowest BCUT2D eigenvalue weighted by atomic mass is 9.93. The summed E-state index contributed by atoms with van der Waals surface area (Å²) < 4.78 is 61.3. The van der Waals surface area contributed by atoms with Crippen LogP contribution in [0, 0.1) is 5.82 Å². The van der Waals surface area contributed by atoms with E-state index in [1.165, 1.54) is 12.1 Å². The molecule has 0 unspecified atom stereocenters. The summed E-state index contributed by atoms with van der Waals surface area (Å²) in [5.74, 6) is -2.48. The number of carbonyl (C=O) groups is 3. The third kappa shape index (κ3) is 4.75. The predicted molar refractivity (Wildman–Crippen MR) is 129 cm³/mol. The number of amides is 3.